The summed E-state index contributed by atoms with van der Waals surface area (Å²) in [7, 11) is 3.82. The molecule has 0 radical (unpaired) electrons. The summed E-state index contributed by atoms with van der Waals surface area (Å²) in [4.78, 5) is 2.62. The first-order valence-corrected chi connectivity index (χ1v) is 9.15. The second kappa shape index (κ2) is 7.53. The Labute approximate surface area is 155 Å². The molecular formula is C17H19ClN3OS2+. The van der Waals surface area contributed by atoms with Crippen molar-refractivity contribution in [2.45, 2.75) is 13.2 Å². The number of benzene rings is 1. The van der Waals surface area contributed by atoms with Gasteiger partial charge in [0, 0.05) is 18.1 Å². The van der Waals surface area contributed by atoms with Crippen molar-refractivity contribution in [3.05, 3.63) is 62.8 Å². The molecule has 24 heavy (non-hydrogen) atoms. The molecule has 1 atom stereocenters. The third kappa shape index (κ3) is 3.89. The molecule has 0 saturated heterocycles. The largest absolute Gasteiger partial charge is 0.497 e. The minimum atomic E-state index is 0.781. The monoisotopic (exact) mass is 380 g/mol. The lowest BCUT2D eigenvalue weighted by Crippen LogP contribution is -3.06. The maximum absolute atomic E-state index is 6.00. The number of methoxy groups -OCH3 is 1. The quantitative estimate of drug-likeness (QED) is 0.662. The van der Waals surface area contributed by atoms with Gasteiger partial charge in [0.1, 0.15) is 12.3 Å². The van der Waals surface area contributed by atoms with Crippen molar-refractivity contribution in [3.8, 4) is 11.4 Å². The van der Waals surface area contributed by atoms with Crippen LogP contribution in [-0.4, -0.2) is 23.3 Å². The van der Waals surface area contributed by atoms with Gasteiger partial charge in [-0.05, 0) is 48.6 Å². The Balaban J connectivity index is 1.73. The van der Waals surface area contributed by atoms with Crippen molar-refractivity contribution in [2.75, 3.05) is 14.2 Å². The van der Waals surface area contributed by atoms with Crippen molar-refractivity contribution in [3.63, 3.8) is 0 Å². The molecule has 2 heterocycles. The fraction of sp³-hybridized carbons (Fsp3) is 0.235. The van der Waals surface area contributed by atoms with Gasteiger partial charge in [0.15, 0.2) is 11.4 Å². The van der Waals surface area contributed by atoms with Gasteiger partial charge in [0.05, 0.1) is 23.4 Å². The average molecular weight is 381 g/mol. The van der Waals surface area contributed by atoms with Gasteiger partial charge in [-0.3, -0.25) is 9.13 Å². The molecule has 4 nitrogen and oxygen atoms in total. The van der Waals surface area contributed by atoms with Crippen molar-refractivity contribution < 1.29 is 9.64 Å². The minimum Gasteiger partial charge on any atom is -0.497 e. The van der Waals surface area contributed by atoms with Crippen LogP contribution in [0.5, 0.6) is 5.75 Å². The van der Waals surface area contributed by atoms with E-state index in [-0.39, 0.29) is 0 Å². The number of aromatic nitrogens is 2. The van der Waals surface area contributed by atoms with Gasteiger partial charge < -0.3 is 9.64 Å². The van der Waals surface area contributed by atoms with Crippen molar-refractivity contribution in [1.82, 2.24) is 9.13 Å². The Kier molecular flexibility index (Phi) is 5.40. The third-order valence-electron chi connectivity index (χ3n) is 3.74. The molecule has 1 N–H and O–H groups in total. The summed E-state index contributed by atoms with van der Waals surface area (Å²) in [5.41, 5.74) is 1.03. The predicted molar refractivity (Wildman–Crippen MR) is 101 cm³/mol. The van der Waals surface area contributed by atoms with Crippen molar-refractivity contribution in [1.29, 1.82) is 0 Å². The van der Waals surface area contributed by atoms with Gasteiger partial charge in [-0.15, -0.1) is 11.3 Å². The second-order valence-electron chi connectivity index (χ2n) is 5.62. The van der Waals surface area contributed by atoms with Gasteiger partial charge in [-0.1, -0.05) is 11.6 Å². The topological polar surface area (TPSA) is 23.5 Å². The van der Waals surface area contributed by atoms with E-state index in [0.717, 1.165) is 33.8 Å². The molecule has 2 aromatic heterocycles. The van der Waals surface area contributed by atoms with E-state index in [1.54, 1.807) is 18.4 Å². The molecular weight excluding hydrogens is 362 g/mol. The van der Waals surface area contributed by atoms with Crippen LogP contribution in [0.2, 0.25) is 4.34 Å². The molecule has 0 amide bonds. The van der Waals surface area contributed by atoms with E-state index < -0.39 is 0 Å². The number of hydrogen-bond acceptors (Lipinski definition) is 3. The van der Waals surface area contributed by atoms with Crippen LogP contribution in [0, 0.1) is 4.77 Å². The van der Waals surface area contributed by atoms with E-state index in [1.807, 2.05) is 47.3 Å². The van der Waals surface area contributed by atoms with Crippen LogP contribution in [0.3, 0.4) is 0 Å². The van der Waals surface area contributed by atoms with Crippen LogP contribution in [0.4, 0.5) is 0 Å². The number of hydrogen-bond donors (Lipinski definition) is 1. The Morgan fingerprint density at radius 1 is 1.17 bits per heavy atom. The zero-order chi connectivity index (χ0) is 17.1. The van der Waals surface area contributed by atoms with Gasteiger partial charge in [0.2, 0.25) is 0 Å². The normalized spacial score (nSPS) is 12.3. The van der Waals surface area contributed by atoms with E-state index in [0.29, 0.717) is 0 Å². The Hall–Kier alpha value is -1.60. The molecule has 0 aliphatic rings. The summed E-state index contributed by atoms with van der Waals surface area (Å²) in [6.07, 6.45) is 4.02. The molecule has 0 aliphatic heterocycles. The number of rotatable bonds is 6. The molecule has 3 aromatic rings. The Morgan fingerprint density at radius 3 is 2.54 bits per heavy atom. The van der Waals surface area contributed by atoms with Gasteiger partial charge in [-0.2, -0.15) is 0 Å². The molecule has 126 valence electrons. The molecule has 0 fully saturated rings. The number of nitrogens with one attached hydrogen (secondary N) is 1. The number of halogens is 1. The number of nitrogens with zero attached hydrogens (tertiary/aromatic N) is 2. The maximum Gasteiger partial charge on any atom is 0.188 e. The summed E-state index contributed by atoms with van der Waals surface area (Å²) < 4.78 is 10.9. The Bertz CT molecular complexity index is 867. The molecule has 3 rings (SSSR count). The van der Waals surface area contributed by atoms with Gasteiger partial charge >= 0.3 is 0 Å². The summed E-state index contributed by atoms with van der Waals surface area (Å²) >= 11 is 13.2. The number of thiophene rings is 1. The highest BCUT2D eigenvalue weighted by molar-refractivity contribution is 7.71. The first-order chi connectivity index (χ1) is 11.6. The fourth-order valence-corrected chi connectivity index (χ4v) is 4.06. The molecule has 1 aromatic carbocycles. The summed E-state index contributed by atoms with van der Waals surface area (Å²) in [5, 5.41) is 0. The number of quaternary nitrogens is 1. The minimum absolute atomic E-state index is 0.781. The van der Waals surface area contributed by atoms with Crippen LogP contribution in [0.15, 0.2) is 48.8 Å². The first kappa shape index (κ1) is 17.2. The van der Waals surface area contributed by atoms with Crippen LogP contribution in [0.25, 0.3) is 5.69 Å². The zero-order valence-corrected chi connectivity index (χ0v) is 15.9. The highest BCUT2D eigenvalue weighted by Crippen LogP contribution is 2.20. The average Bonchev–Trinajstić information content (AvgIpc) is 3.14. The molecule has 7 heteroatoms. The predicted octanol–water partition coefficient (Wildman–Crippen LogP) is 3.40. The lowest BCUT2D eigenvalue weighted by molar-refractivity contribution is -0.916. The van der Waals surface area contributed by atoms with Crippen LogP contribution in [-0.2, 0) is 13.2 Å². The number of ether oxygens (including phenoxy) is 1. The maximum atomic E-state index is 6.00. The highest BCUT2D eigenvalue weighted by atomic mass is 35.5. The third-order valence-corrected chi connectivity index (χ3v) is 5.41. The van der Waals surface area contributed by atoms with E-state index in [9.17, 15) is 0 Å². The van der Waals surface area contributed by atoms with Crippen molar-refractivity contribution in [2.24, 2.45) is 0 Å². The van der Waals surface area contributed by atoms with E-state index >= 15 is 0 Å². The summed E-state index contributed by atoms with van der Waals surface area (Å²) in [6.45, 7) is 1.73. The van der Waals surface area contributed by atoms with Crippen LogP contribution >= 0.6 is 35.2 Å². The van der Waals surface area contributed by atoms with E-state index in [4.69, 9.17) is 28.6 Å². The zero-order valence-electron chi connectivity index (χ0n) is 13.5. The van der Waals surface area contributed by atoms with Gasteiger partial charge in [0.25, 0.3) is 0 Å². The molecule has 0 spiro atoms. The van der Waals surface area contributed by atoms with Crippen LogP contribution in [0.1, 0.15) is 4.88 Å². The van der Waals surface area contributed by atoms with E-state index in [1.165, 1.54) is 9.78 Å². The second-order valence-corrected chi connectivity index (χ2v) is 7.78. The summed E-state index contributed by atoms with van der Waals surface area (Å²) in [6, 6.07) is 11.9. The van der Waals surface area contributed by atoms with E-state index in [2.05, 4.69) is 17.7 Å². The Morgan fingerprint density at radius 2 is 1.92 bits per heavy atom. The molecule has 0 aliphatic carbocycles. The lowest BCUT2D eigenvalue weighted by atomic mass is 10.3. The molecule has 0 bridgehead atoms. The van der Waals surface area contributed by atoms with Gasteiger partial charge in [-0.25, -0.2) is 0 Å². The first-order valence-electron chi connectivity index (χ1n) is 7.54. The fourth-order valence-electron chi connectivity index (χ4n) is 2.56. The van der Waals surface area contributed by atoms with Crippen molar-refractivity contribution >= 4 is 35.2 Å². The highest BCUT2D eigenvalue weighted by Gasteiger charge is 2.09. The lowest BCUT2D eigenvalue weighted by Gasteiger charge is -2.13. The smallest absolute Gasteiger partial charge is 0.188 e. The number of imidazole rings is 1. The van der Waals surface area contributed by atoms with Crippen LogP contribution < -0.4 is 9.64 Å². The SMILES string of the molecule is COc1ccc(-n2ccn(C[NH+](C)Cc3ccc(Cl)s3)c2=S)cc1. The standard InChI is InChI=1S/C17H18ClN3OS2/c1-19(11-15-7-8-16(18)24-15)12-20-9-10-21(17(20)23)13-3-5-14(22-2)6-4-13/h3-10H,11-12H2,1-2H3/p+1. The summed E-state index contributed by atoms with van der Waals surface area (Å²) in [5.74, 6) is 0.837. The molecule has 0 saturated carbocycles. The molecule has 1 unspecified atom stereocenters.